The molecule has 2 heterocycles. The molecule has 148 valence electrons. The summed E-state index contributed by atoms with van der Waals surface area (Å²) in [6.07, 6.45) is 8.77. The van der Waals surface area contributed by atoms with Gasteiger partial charge in [-0.15, -0.1) is 0 Å². The molecule has 4 heteroatoms. The largest absolute Gasteiger partial charge is 0.344 e. The topological polar surface area (TPSA) is 26.8 Å². The summed E-state index contributed by atoms with van der Waals surface area (Å²) in [5, 5.41) is 0. The van der Waals surface area contributed by atoms with Crippen molar-refractivity contribution < 1.29 is 4.79 Å². The van der Waals surface area contributed by atoms with E-state index in [0.717, 1.165) is 32.1 Å². The fourth-order valence-corrected chi connectivity index (χ4v) is 5.66. The third-order valence-electron chi connectivity index (χ3n) is 7.30. The fourth-order valence-electron chi connectivity index (χ4n) is 5.66. The van der Waals surface area contributed by atoms with Crippen LogP contribution >= 0.6 is 0 Å². The number of fused-ring (bicyclic) bond motifs is 1. The minimum Gasteiger partial charge on any atom is -0.344 e. The summed E-state index contributed by atoms with van der Waals surface area (Å²) in [5.74, 6) is 0.532. The van der Waals surface area contributed by atoms with Crippen LogP contribution in [0.2, 0.25) is 0 Å². The smallest absolute Gasteiger partial charge is 0.227 e. The number of likely N-dealkylation sites (N-methyl/N-ethyl adjacent to an activating group) is 2. The van der Waals surface area contributed by atoms with Crippen LogP contribution in [0.25, 0.3) is 0 Å². The Morgan fingerprint density at radius 3 is 2.52 bits per heavy atom. The van der Waals surface area contributed by atoms with Gasteiger partial charge < -0.3 is 9.80 Å². The molecular formula is C23H35N3O. The summed E-state index contributed by atoms with van der Waals surface area (Å²) < 4.78 is 0. The second kappa shape index (κ2) is 8.32. The standard InChI is InChI=1S/C23H35N3O/c1-24(19-11-6-7-12-19)15-16-25(2)23(27)20-17-22(18-9-4-3-5-10-18)26-14-8-13-21(20)26/h3-5,9-10,19-22H,6-8,11-17H2,1-2H3/t20-,21+,22-/m0/s1. The molecule has 1 aliphatic carbocycles. The van der Waals surface area contributed by atoms with Gasteiger partial charge in [-0.1, -0.05) is 43.2 Å². The van der Waals surface area contributed by atoms with Gasteiger partial charge in [0.1, 0.15) is 0 Å². The second-order valence-electron chi connectivity index (χ2n) is 8.89. The van der Waals surface area contributed by atoms with Gasteiger partial charge in [-0.3, -0.25) is 9.69 Å². The first-order valence-electron chi connectivity index (χ1n) is 10.9. The van der Waals surface area contributed by atoms with Gasteiger partial charge in [-0.05, 0) is 51.3 Å². The number of carbonyl (C=O) groups is 1. The van der Waals surface area contributed by atoms with E-state index in [-0.39, 0.29) is 5.92 Å². The molecule has 1 aromatic carbocycles. The van der Waals surface area contributed by atoms with E-state index in [2.05, 4.69) is 47.2 Å². The Morgan fingerprint density at radius 1 is 1.04 bits per heavy atom. The van der Waals surface area contributed by atoms with Gasteiger partial charge in [0.25, 0.3) is 0 Å². The normalized spacial score (nSPS) is 28.8. The van der Waals surface area contributed by atoms with Gasteiger partial charge in [-0.25, -0.2) is 0 Å². The van der Waals surface area contributed by atoms with Crippen molar-refractivity contribution in [3.63, 3.8) is 0 Å². The summed E-state index contributed by atoms with van der Waals surface area (Å²) in [5.41, 5.74) is 1.38. The highest BCUT2D eigenvalue weighted by molar-refractivity contribution is 5.80. The van der Waals surface area contributed by atoms with E-state index in [1.165, 1.54) is 44.1 Å². The molecule has 1 saturated carbocycles. The average Bonchev–Trinajstić information content (AvgIpc) is 3.43. The first kappa shape index (κ1) is 18.9. The first-order valence-corrected chi connectivity index (χ1v) is 10.9. The van der Waals surface area contributed by atoms with Crippen molar-refractivity contribution in [2.24, 2.45) is 5.92 Å². The molecule has 3 atom stereocenters. The molecule has 3 fully saturated rings. The van der Waals surface area contributed by atoms with Crippen molar-refractivity contribution in [3.8, 4) is 0 Å². The minimum absolute atomic E-state index is 0.166. The summed E-state index contributed by atoms with van der Waals surface area (Å²) in [7, 11) is 4.24. The zero-order valence-electron chi connectivity index (χ0n) is 17.0. The Labute approximate surface area is 164 Å². The lowest BCUT2D eigenvalue weighted by Crippen LogP contribution is -2.42. The molecule has 3 aliphatic rings. The van der Waals surface area contributed by atoms with E-state index in [1.54, 1.807) is 0 Å². The number of rotatable bonds is 6. The molecular weight excluding hydrogens is 334 g/mol. The van der Waals surface area contributed by atoms with Crippen LogP contribution in [0.3, 0.4) is 0 Å². The molecule has 2 aliphatic heterocycles. The number of benzene rings is 1. The van der Waals surface area contributed by atoms with Gasteiger partial charge in [0, 0.05) is 38.3 Å². The van der Waals surface area contributed by atoms with Crippen LogP contribution in [0.4, 0.5) is 0 Å². The van der Waals surface area contributed by atoms with Crippen LogP contribution in [-0.4, -0.2) is 66.4 Å². The van der Waals surface area contributed by atoms with Crippen LogP contribution in [-0.2, 0) is 4.79 Å². The Bertz CT molecular complexity index is 628. The number of nitrogens with zero attached hydrogens (tertiary/aromatic N) is 3. The van der Waals surface area contributed by atoms with E-state index in [0.29, 0.717) is 18.0 Å². The van der Waals surface area contributed by atoms with Gasteiger partial charge in [0.2, 0.25) is 5.91 Å². The predicted octanol–water partition coefficient (Wildman–Crippen LogP) is 3.54. The molecule has 4 nitrogen and oxygen atoms in total. The Balaban J connectivity index is 1.37. The number of amides is 1. The lowest BCUT2D eigenvalue weighted by molar-refractivity contribution is -0.135. The molecule has 0 bridgehead atoms. The quantitative estimate of drug-likeness (QED) is 0.767. The van der Waals surface area contributed by atoms with Crippen LogP contribution in [0.15, 0.2) is 30.3 Å². The third kappa shape index (κ3) is 3.93. The average molecular weight is 370 g/mol. The predicted molar refractivity (Wildman–Crippen MR) is 110 cm³/mol. The van der Waals surface area contributed by atoms with Crippen LogP contribution in [0, 0.1) is 5.92 Å². The van der Waals surface area contributed by atoms with Crippen molar-refractivity contribution in [1.82, 2.24) is 14.7 Å². The molecule has 27 heavy (non-hydrogen) atoms. The maximum Gasteiger partial charge on any atom is 0.227 e. The lowest BCUT2D eigenvalue weighted by Gasteiger charge is -2.29. The molecule has 1 amide bonds. The molecule has 2 saturated heterocycles. The molecule has 1 aromatic rings. The Morgan fingerprint density at radius 2 is 1.78 bits per heavy atom. The van der Waals surface area contributed by atoms with Gasteiger partial charge in [0.15, 0.2) is 0 Å². The van der Waals surface area contributed by atoms with Crippen LogP contribution in [0.1, 0.15) is 56.6 Å². The first-order chi connectivity index (χ1) is 13.1. The second-order valence-corrected chi connectivity index (χ2v) is 8.89. The van der Waals surface area contributed by atoms with E-state index in [4.69, 9.17) is 0 Å². The van der Waals surface area contributed by atoms with Crippen molar-refractivity contribution in [3.05, 3.63) is 35.9 Å². The molecule has 0 radical (unpaired) electrons. The summed E-state index contributed by atoms with van der Waals surface area (Å²) in [4.78, 5) is 20.4. The molecule has 0 N–H and O–H groups in total. The zero-order valence-corrected chi connectivity index (χ0v) is 17.0. The third-order valence-corrected chi connectivity index (χ3v) is 7.30. The maximum absolute atomic E-state index is 13.3. The van der Waals surface area contributed by atoms with E-state index in [9.17, 15) is 4.79 Å². The lowest BCUT2D eigenvalue weighted by atomic mass is 9.93. The van der Waals surface area contributed by atoms with E-state index < -0.39 is 0 Å². The minimum atomic E-state index is 0.166. The number of hydrogen-bond donors (Lipinski definition) is 0. The van der Waals surface area contributed by atoms with Crippen LogP contribution < -0.4 is 0 Å². The highest BCUT2D eigenvalue weighted by atomic mass is 16.2. The summed E-state index contributed by atoms with van der Waals surface area (Å²) >= 11 is 0. The molecule has 0 unspecified atom stereocenters. The molecule has 0 aromatic heterocycles. The van der Waals surface area contributed by atoms with E-state index >= 15 is 0 Å². The number of carbonyl (C=O) groups excluding carboxylic acids is 1. The SMILES string of the molecule is CN(CCN(C)C1CCCC1)C(=O)[C@H]1C[C@@H](c2ccccc2)N2CCC[C@H]12. The highest BCUT2D eigenvalue weighted by Gasteiger charge is 2.47. The highest BCUT2D eigenvalue weighted by Crippen LogP contribution is 2.45. The summed E-state index contributed by atoms with van der Waals surface area (Å²) in [6, 6.07) is 12.4. The van der Waals surface area contributed by atoms with Crippen molar-refractivity contribution in [2.45, 2.75) is 63.1 Å². The van der Waals surface area contributed by atoms with Crippen molar-refractivity contribution in [1.29, 1.82) is 0 Å². The van der Waals surface area contributed by atoms with Gasteiger partial charge >= 0.3 is 0 Å². The Hall–Kier alpha value is -1.39. The summed E-state index contributed by atoms with van der Waals surface area (Å²) in [6.45, 7) is 2.99. The van der Waals surface area contributed by atoms with E-state index in [1.807, 2.05) is 11.9 Å². The fraction of sp³-hybridized carbons (Fsp3) is 0.696. The maximum atomic E-state index is 13.3. The van der Waals surface area contributed by atoms with Gasteiger partial charge in [-0.2, -0.15) is 0 Å². The Kier molecular flexibility index (Phi) is 5.84. The molecule has 4 rings (SSSR count). The van der Waals surface area contributed by atoms with Crippen molar-refractivity contribution in [2.75, 3.05) is 33.7 Å². The van der Waals surface area contributed by atoms with Crippen molar-refractivity contribution >= 4 is 5.91 Å². The molecule has 0 spiro atoms. The number of hydrogen-bond acceptors (Lipinski definition) is 3. The monoisotopic (exact) mass is 369 g/mol. The van der Waals surface area contributed by atoms with Crippen LogP contribution in [0.5, 0.6) is 0 Å². The zero-order chi connectivity index (χ0) is 18.8. The van der Waals surface area contributed by atoms with Gasteiger partial charge in [0.05, 0.1) is 5.92 Å².